The molecule has 1 amide bonds. The Morgan fingerprint density at radius 1 is 1.32 bits per heavy atom. The van der Waals surface area contributed by atoms with Gasteiger partial charge >= 0.3 is 0 Å². The summed E-state index contributed by atoms with van der Waals surface area (Å²) >= 11 is 0. The van der Waals surface area contributed by atoms with Crippen molar-refractivity contribution in [3.8, 4) is 12.1 Å². The molecule has 3 rings (SSSR count). The van der Waals surface area contributed by atoms with Crippen LogP contribution in [0.3, 0.4) is 0 Å². The molecule has 126 valence electrons. The third-order valence-electron chi connectivity index (χ3n) is 4.02. The molecule has 0 aliphatic carbocycles. The Balaban J connectivity index is 1.70. The van der Waals surface area contributed by atoms with Gasteiger partial charge in [-0.15, -0.1) is 0 Å². The van der Waals surface area contributed by atoms with Crippen LogP contribution in [-0.4, -0.2) is 40.1 Å². The van der Waals surface area contributed by atoms with Crippen molar-refractivity contribution in [2.45, 2.75) is 12.6 Å². The molecule has 2 aromatic rings. The Hall–Kier alpha value is -3.23. The van der Waals surface area contributed by atoms with Gasteiger partial charge in [0.2, 0.25) is 5.91 Å². The third-order valence-corrected chi connectivity index (χ3v) is 4.02. The minimum Gasteiger partial charge on any atom is -0.370 e. The SMILES string of the molecule is N#Cc1ncn(CC(=O)N2CCO[C@H](c3ccc(F)cc3)C2)c1C#N. The Bertz CT molecular complexity index is 863. The standard InChI is InChI=1S/C17H14FN5O2/c18-13-3-1-12(2-4-13)16-9-22(5-6-25-16)17(24)10-23-11-21-14(7-19)15(23)8-20/h1-4,11,16H,5-6,9-10H2/t16-/m0/s1. The molecule has 1 fully saturated rings. The summed E-state index contributed by atoms with van der Waals surface area (Å²) in [6, 6.07) is 9.69. The lowest BCUT2D eigenvalue weighted by Crippen LogP contribution is -2.43. The van der Waals surface area contributed by atoms with Gasteiger partial charge in [0, 0.05) is 6.54 Å². The molecule has 1 aliphatic rings. The maximum Gasteiger partial charge on any atom is 0.242 e. The van der Waals surface area contributed by atoms with Gasteiger partial charge in [0.25, 0.3) is 0 Å². The average Bonchev–Trinajstić information content (AvgIpc) is 3.04. The number of amides is 1. The maximum atomic E-state index is 13.0. The lowest BCUT2D eigenvalue weighted by Gasteiger charge is -2.33. The molecule has 0 bridgehead atoms. The van der Waals surface area contributed by atoms with E-state index >= 15 is 0 Å². The largest absolute Gasteiger partial charge is 0.370 e. The van der Waals surface area contributed by atoms with Crippen LogP contribution < -0.4 is 0 Å². The van der Waals surface area contributed by atoms with Gasteiger partial charge in [-0.2, -0.15) is 10.5 Å². The van der Waals surface area contributed by atoms with Crippen LogP contribution in [0.5, 0.6) is 0 Å². The summed E-state index contributed by atoms with van der Waals surface area (Å²) in [4.78, 5) is 18.0. The summed E-state index contributed by atoms with van der Waals surface area (Å²) in [6.45, 7) is 1.06. The van der Waals surface area contributed by atoms with Gasteiger partial charge < -0.3 is 14.2 Å². The van der Waals surface area contributed by atoms with Crippen molar-refractivity contribution in [3.05, 3.63) is 53.4 Å². The zero-order valence-electron chi connectivity index (χ0n) is 13.2. The number of aromatic nitrogens is 2. The molecule has 8 heteroatoms. The fourth-order valence-electron chi connectivity index (χ4n) is 2.70. The fourth-order valence-corrected chi connectivity index (χ4v) is 2.70. The molecule has 1 atom stereocenters. The van der Waals surface area contributed by atoms with Crippen molar-refractivity contribution in [1.29, 1.82) is 10.5 Å². The molecule has 2 heterocycles. The number of nitrogens with zero attached hydrogens (tertiary/aromatic N) is 5. The van der Waals surface area contributed by atoms with Crippen molar-refractivity contribution in [2.24, 2.45) is 0 Å². The Morgan fingerprint density at radius 3 is 2.76 bits per heavy atom. The van der Waals surface area contributed by atoms with Crippen LogP contribution >= 0.6 is 0 Å². The predicted octanol–water partition coefficient (Wildman–Crippen LogP) is 1.37. The van der Waals surface area contributed by atoms with Crippen molar-refractivity contribution < 1.29 is 13.9 Å². The smallest absolute Gasteiger partial charge is 0.242 e. The van der Waals surface area contributed by atoms with E-state index < -0.39 is 0 Å². The molecular formula is C17H14FN5O2. The number of nitriles is 2. The summed E-state index contributed by atoms with van der Waals surface area (Å²) in [7, 11) is 0. The number of hydrogen-bond donors (Lipinski definition) is 0. The van der Waals surface area contributed by atoms with Gasteiger partial charge in [0.1, 0.15) is 30.6 Å². The summed E-state index contributed by atoms with van der Waals surface area (Å²) in [6.07, 6.45) is 0.985. The minimum absolute atomic E-state index is 0.00136. The molecule has 0 saturated carbocycles. The molecule has 0 unspecified atom stereocenters. The van der Waals surface area contributed by atoms with Gasteiger partial charge in [-0.05, 0) is 17.7 Å². The third kappa shape index (κ3) is 3.49. The number of morpholine rings is 1. The van der Waals surface area contributed by atoms with Crippen LogP contribution in [0, 0.1) is 28.5 Å². The molecule has 0 spiro atoms. The van der Waals surface area contributed by atoms with Gasteiger partial charge in [0.05, 0.1) is 19.5 Å². The van der Waals surface area contributed by atoms with Crippen LogP contribution in [0.4, 0.5) is 4.39 Å². The summed E-state index contributed by atoms with van der Waals surface area (Å²) in [5.74, 6) is -0.529. The molecule has 1 saturated heterocycles. The maximum absolute atomic E-state index is 13.0. The first-order chi connectivity index (χ1) is 12.1. The Kier molecular flexibility index (Phi) is 4.73. The van der Waals surface area contributed by atoms with E-state index in [-0.39, 0.29) is 35.8 Å². The monoisotopic (exact) mass is 339 g/mol. The highest BCUT2D eigenvalue weighted by atomic mass is 19.1. The lowest BCUT2D eigenvalue weighted by atomic mass is 10.1. The zero-order chi connectivity index (χ0) is 17.8. The van der Waals surface area contributed by atoms with Crippen LogP contribution in [-0.2, 0) is 16.1 Å². The van der Waals surface area contributed by atoms with E-state index in [4.69, 9.17) is 15.3 Å². The van der Waals surface area contributed by atoms with E-state index in [2.05, 4.69) is 4.98 Å². The first-order valence-electron chi connectivity index (χ1n) is 7.62. The number of ether oxygens (including phenoxy) is 1. The van der Waals surface area contributed by atoms with Crippen LogP contribution in [0.1, 0.15) is 23.1 Å². The topological polar surface area (TPSA) is 94.9 Å². The second-order valence-corrected chi connectivity index (χ2v) is 5.54. The van der Waals surface area contributed by atoms with Gasteiger partial charge in [-0.3, -0.25) is 4.79 Å². The van der Waals surface area contributed by atoms with Crippen molar-refractivity contribution in [2.75, 3.05) is 19.7 Å². The number of carbonyl (C=O) groups is 1. The quantitative estimate of drug-likeness (QED) is 0.841. The normalized spacial score (nSPS) is 16.9. The number of halogens is 1. The Morgan fingerprint density at radius 2 is 2.08 bits per heavy atom. The average molecular weight is 339 g/mol. The summed E-state index contributed by atoms with van der Waals surface area (Å²) in [5, 5.41) is 18.0. The van der Waals surface area contributed by atoms with E-state index in [9.17, 15) is 9.18 Å². The first kappa shape index (κ1) is 16.6. The highest BCUT2D eigenvalue weighted by Crippen LogP contribution is 2.22. The van der Waals surface area contributed by atoms with E-state index in [0.29, 0.717) is 19.7 Å². The van der Waals surface area contributed by atoms with Crippen molar-refractivity contribution in [3.63, 3.8) is 0 Å². The van der Waals surface area contributed by atoms with Gasteiger partial charge in [-0.1, -0.05) is 12.1 Å². The van der Waals surface area contributed by atoms with Crippen LogP contribution in [0.2, 0.25) is 0 Å². The fraction of sp³-hybridized carbons (Fsp3) is 0.294. The highest BCUT2D eigenvalue weighted by Gasteiger charge is 2.26. The number of hydrogen-bond acceptors (Lipinski definition) is 5. The van der Waals surface area contributed by atoms with Crippen molar-refractivity contribution in [1.82, 2.24) is 14.5 Å². The number of rotatable bonds is 3. The molecular weight excluding hydrogens is 325 g/mol. The highest BCUT2D eigenvalue weighted by molar-refractivity contribution is 5.76. The van der Waals surface area contributed by atoms with E-state index in [0.717, 1.165) is 5.56 Å². The van der Waals surface area contributed by atoms with E-state index in [1.165, 1.54) is 23.0 Å². The molecule has 1 aromatic carbocycles. The second-order valence-electron chi connectivity index (χ2n) is 5.54. The molecule has 1 aromatic heterocycles. The van der Waals surface area contributed by atoms with Crippen molar-refractivity contribution >= 4 is 5.91 Å². The predicted molar refractivity (Wildman–Crippen MR) is 83.3 cm³/mol. The van der Waals surface area contributed by atoms with Crippen LogP contribution in [0.15, 0.2) is 30.6 Å². The van der Waals surface area contributed by atoms with E-state index in [1.807, 2.05) is 12.1 Å². The van der Waals surface area contributed by atoms with Gasteiger partial charge in [0.15, 0.2) is 11.4 Å². The molecule has 7 nitrogen and oxygen atoms in total. The number of imidazole rings is 1. The van der Waals surface area contributed by atoms with Gasteiger partial charge in [-0.25, -0.2) is 9.37 Å². The summed E-state index contributed by atoms with van der Waals surface area (Å²) < 4.78 is 20.1. The lowest BCUT2D eigenvalue weighted by molar-refractivity contribution is -0.139. The zero-order valence-corrected chi connectivity index (χ0v) is 13.2. The number of benzene rings is 1. The Labute approximate surface area is 143 Å². The molecule has 0 N–H and O–H groups in total. The minimum atomic E-state index is -0.329. The second kappa shape index (κ2) is 7.12. The molecule has 0 radical (unpaired) electrons. The number of carbonyl (C=O) groups excluding carboxylic acids is 1. The first-order valence-corrected chi connectivity index (χ1v) is 7.62. The van der Waals surface area contributed by atoms with Crippen LogP contribution in [0.25, 0.3) is 0 Å². The molecule has 1 aliphatic heterocycles. The van der Waals surface area contributed by atoms with E-state index in [1.54, 1.807) is 17.0 Å². The summed E-state index contributed by atoms with van der Waals surface area (Å²) in [5.41, 5.74) is 0.867. The molecule has 25 heavy (non-hydrogen) atoms.